The van der Waals surface area contributed by atoms with Crippen molar-refractivity contribution >= 4 is 27.6 Å². The molecular formula is C16H23N3O2S. The predicted molar refractivity (Wildman–Crippen MR) is 90.2 cm³/mol. The summed E-state index contributed by atoms with van der Waals surface area (Å²) < 4.78 is 6.59. The molecule has 0 spiro atoms. The van der Waals surface area contributed by atoms with Crippen molar-refractivity contribution in [3.63, 3.8) is 0 Å². The molecule has 0 saturated heterocycles. The average molecular weight is 321 g/mol. The number of aromatic nitrogens is 1. The van der Waals surface area contributed by atoms with Crippen molar-refractivity contribution in [2.75, 3.05) is 20.2 Å². The Labute approximate surface area is 135 Å². The normalized spacial score (nSPS) is 11.1. The molecule has 0 aliphatic heterocycles. The standard InChI is InChI=1S/C16H23N3O2S/c1-12(2)21-10-6-9-17-16(20)19(3)11-15-18-13-7-4-5-8-14(13)22-15/h4-5,7-8,12H,6,9-11H2,1-3H3,(H,17,20). The number of thiazole rings is 1. The van der Waals surface area contributed by atoms with E-state index in [1.807, 2.05) is 38.1 Å². The molecule has 1 aromatic heterocycles. The van der Waals surface area contributed by atoms with E-state index in [0.29, 0.717) is 19.7 Å². The molecular weight excluding hydrogens is 298 g/mol. The van der Waals surface area contributed by atoms with E-state index in [0.717, 1.165) is 21.6 Å². The molecule has 0 aliphatic carbocycles. The monoisotopic (exact) mass is 321 g/mol. The lowest BCUT2D eigenvalue weighted by Gasteiger charge is -2.16. The number of ether oxygens (including phenoxy) is 1. The van der Waals surface area contributed by atoms with Gasteiger partial charge < -0.3 is 15.0 Å². The van der Waals surface area contributed by atoms with Crippen molar-refractivity contribution in [2.45, 2.75) is 32.9 Å². The van der Waals surface area contributed by atoms with Crippen LogP contribution in [0.2, 0.25) is 0 Å². The largest absolute Gasteiger partial charge is 0.379 e. The van der Waals surface area contributed by atoms with E-state index in [-0.39, 0.29) is 12.1 Å². The highest BCUT2D eigenvalue weighted by Gasteiger charge is 2.11. The zero-order chi connectivity index (χ0) is 15.9. The maximum absolute atomic E-state index is 12.0. The van der Waals surface area contributed by atoms with Crippen molar-refractivity contribution in [1.29, 1.82) is 0 Å². The Balaban J connectivity index is 1.76. The Kier molecular flexibility index (Phi) is 6.15. The number of hydrogen-bond acceptors (Lipinski definition) is 4. The first kappa shape index (κ1) is 16.7. The predicted octanol–water partition coefficient (Wildman–Crippen LogP) is 3.25. The molecule has 6 heteroatoms. The lowest BCUT2D eigenvalue weighted by atomic mass is 10.3. The van der Waals surface area contributed by atoms with Crippen molar-refractivity contribution in [3.05, 3.63) is 29.3 Å². The summed E-state index contributed by atoms with van der Waals surface area (Å²) in [5.74, 6) is 0. The van der Waals surface area contributed by atoms with Crippen LogP contribution >= 0.6 is 11.3 Å². The molecule has 0 aliphatic rings. The number of nitrogens with one attached hydrogen (secondary N) is 1. The minimum atomic E-state index is -0.0798. The number of urea groups is 1. The first-order chi connectivity index (χ1) is 10.6. The summed E-state index contributed by atoms with van der Waals surface area (Å²) in [6.45, 7) is 5.82. The molecule has 2 rings (SSSR count). The van der Waals surface area contributed by atoms with Gasteiger partial charge in [0.2, 0.25) is 0 Å². The minimum absolute atomic E-state index is 0.0798. The van der Waals surface area contributed by atoms with Gasteiger partial charge in [-0.3, -0.25) is 0 Å². The quantitative estimate of drug-likeness (QED) is 0.796. The van der Waals surface area contributed by atoms with Crippen LogP contribution in [0.1, 0.15) is 25.3 Å². The summed E-state index contributed by atoms with van der Waals surface area (Å²) in [5, 5.41) is 3.84. The van der Waals surface area contributed by atoms with Gasteiger partial charge >= 0.3 is 6.03 Å². The van der Waals surface area contributed by atoms with E-state index >= 15 is 0 Å². The van der Waals surface area contributed by atoms with Crippen molar-refractivity contribution in [1.82, 2.24) is 15.2 Å². The summed E-state index contributed by atoms with van der Waals surface area (Å²) >= 11 is 1.63. The summed E-state index contributed by atoms with van der Waals surface area (Å²) in [6, 6.07) is 7.93. The second-order valence-electron chi connectivity index (χ2n) is 5.44. The number of para-hydroxylation sites is 1. The van der Waals surface area contributed by atoms with E-state index in [1.54, 1.807) is 23.3 Å². The topological polar surface area (TPSA) is 54.5 Å². The Morgan fingerprint density at radius 2 is 2.18 bits per heavy atom. The number of carbonyl (C=O) groups excluding carboxylic acids is 1. The first-order valence-electron chi connectivity index (χ1n) is 7.51. The highest BCUT2D eigenvalue weighted by molar-refractivity contribution is 7.18. The third-order valence-corrected chi connectivity index (χ3v) is 4.13. The van der Waals surface area contributed by atoms with Gasteiger partial charge in [0.25, 0.3) is 0 Å². The van der Waals surface area contributed by atoms with E-state index in [2.05, 4.69) is 10.3 Å². The molecule has 120 valence electrons. The Hall–Kier alpha value is -1.66. The molecule has 0 fully saturated rings. The molecule has 0 radical (unpaired) electrons. The highest BCUT2D eigenvalue weighted by Crippen LogP contribution is 2.22. The zero-order valence-corrected chi connectivity index (χ0v) is 14.2. The van der Waals surface area contributed by atoms with Gasteiger partial charge in [-0.1, -0.05) is 12.1 Å². The van der Waals surface area contributed by atoms with Crippen LogP contribution in [-0.4, -0.2) is 42.2 Å². The van der Waals surface area contributed by atoms with Crippen LogP contribution in [-0.2, 0) is 11.3 Å². The van der Waals surface area contributed by atoms with Crippen LogP contribution in [0.15, 0.2) is 24.3 Å². The summed E-state index contributed by atoms with van der Waals surface area (Å²) in [4.78, 5) is 18.2. The average Bonchev–Trinajstić information content (AvgIpc) is 2.88. The molecule has 2 aromatic rings. The van der Waals surface area contributed by atoms with Gasteiger partial charge in [0, 0.05) is 20.2 Å². The lowest BCUT2D eigenvalue weighted by molar-refractivity contribution is 0.0772. The fourth-order valence-corrected chi connectivity index (χ4v) is 3.00. The third-order valence-electron chi connectivity index (χ3n) is 3.11. The van der Waals surface area contributed by atoms with Crippen LogP contribution in [0.25, 0.3) is 10.2 Å². The van der Waals surface area contributed by atoms with Gasteiger partial charge in [0.05, 0.1) is 22.9 Å². The SMILES string of the molecule is CC(C)OCCCNC(=O)N(C)Cc1nc2ccccc2s1. The fourth-order valence-electron chi connectivity index (χ4n) is 1.98. The van der Waals surface area contributed by atoms with Gasteiger partial charge in [-0.25, -0.2) is 9.78 Å². The van der Waals surface area contributed by atoms with Crippen LogP contribution in [0.4, 0.5) is 4.79 Å². The maximum atomic E-state index is 12.0. The maximum Gasteiger partial charge on any atom is 0.317 e. The third kappa shape index (κ3) is 4.96. The smallest absolute Gasteiger partial charge is 0.317 e. The zero-order valence-electron chi connectivity index (χ0n) is 13.3. The van der Waals surface area contributed by atoms with E-state index < -0.39 is 0 Å². The summed E-state index contributed by atoms with van der Waals surface area (Å²) in [7, 11) is 1.78. The highest BCUT2D eigenvalue weighted by atomic mass is 32.1. The van der Waals surface area contributed by atoms with Crippen molar-refractivity contribution < 1.29 is 9.53 Å². The molecule has 0 bridgehead atoms. The Morgan fingerprint density at radius 1 is 1.41 bits per heavy atom. The van der Waals surface area contributed by atoms with Gasteiger partial charge in [0.1, 0.15) is 5.01 Å². The first-order valence-corrected chi connectivity index (χ1v) is 8.33. The Morgan fingerprint density at radius 3 is 2.91 bits per heavy atom. The minimum Gasteiger partial charge on any atom is -0.379 e. The number of nitrogens with zero attached hydrogens (tertiary/aromatic N) is 2. The molecule has 22 heavy (non-hydrogen) atoms. The molecule has 1 N–H and O–H groups in total. The number of hydrogen-bond donors (Lipinski definition) is 1. The van der Waals surface area contributed by atoms with Crippen molar-refractivity contribution in [3.8, 4) is 0 Å². The van der Waals surface area contributed by atoms with E-state index in [1.165, 1.54) is 0 Å². The molecule has 2 amide bonds. The molecule has 0 unspecified atom stereocenters. The molecule has 0 atom stereocenters. The van der Waals surface area contributed by atoms with Crippen molar-refractivity contribution in [2.24, 2.45) is 0 Å². The van der Waals surface area contributed by atoms with Crippen LogP contribution < -0.4 is 5.32 Å². The second kappa shape index (κ2) is 8.10. The van der Waals surface area contributed by atoms with Crippen LogP contribution in [0, 0.1) is 0 Å². The number of benzene rings is 1. The van der Waals surface area contributed by atoms with Crippen LogP contribution in [0.5, 0.6) is 0 Å². The summed E-state index contributed by atoms with van der Waals surface area (Å²) in [5.41, 5.74) is 0.988. The number of fused-ring (bicyclic) bond motifs is 1. The molecule has 5 nitrogen and oxygen atoms in total. The number of carbonyl (C=O) groups is 1. The van der Waals surface area contributed by atoms with E-state index in [4.69, 9.17) is 4.74 Å². The molecule has 1 aromatic carbocycles. The van der Waals surface area contributed by atoms with Gasteiger partial charge in [-0.15, -0.1) is 11.3 Å². The Bertz CT molecular complexity index is 579. The van der Waals surface area contributed by atoms with E-state index in [9.17, 15) is 4.79 Å². The number of amides is 2. The fraction of sp³-hybridized carbons (Fsp3) is 0.500. The van der Waals surface area contributed by atoms with Gasteiger partial charge in [0.15, 0.2) is 0 Å². The second-order valence-corrected chi connectivity index (χ2v) is 6.55. The van der Waals surface area contributed by atoms with Crippen LogP contribution in [0.3, 0.4) is 0 Å². The molecule has 1 heterocycles. The van der Waals surface area contributed by atoms with Gasteiger partial charge in [-0.05, 0) is 32.4 Å². The summed E-state index contributed by atoms with van der Waals surface area (Å²) in [6.07, 6.45) is 1.05. The van der Waals surface area contributed by atoms with Gasteiger partial charge in [-0.2, -0.15) is 0 Å². The number of rotatable bonds is 7. The molecule has 0 saturated carbocycles. The lowest BCUT2D eigenvalue weighted by Crippen LogP contribution is -2.37.